The predicted molar refractivity (Wildman–Crippen MR) is 89.6 cm³/mol. The van der Waals surface area contributed by atoms with E-state index in [1.165, 1.54) is 0 Å². The molecule has 1 amide bonds. The molecule has 5 nitrogen and oxygen atoms in total. The van der Waals surface area contributed by atoms with Crippen molar-refractivity contribution < 1.29 is 9.53 Å². The first-order chi connectivity index (χ1) is 10.3. The van der Waals surface area contributed by atoms with Crippen LogP contribution in [-0.4, -0.2) is 40.7 Å². The molecule has 1 saturated heterocycles. The van der Waals surface area contributed by atoms with Crippen LogP contribution in [0.15, 0.2) is 22.8 Å². The number of nitrogens with zero attached hydrogens (tertiary/aromatic N) is 2. The quantitative estimate of drug-likeness (QED) is 0.830. The number of carbonyl (C=O) groups excluding carboxylic acids is 1. The number of hydrogen-bond donors (Lipinski definition) is 1. The molecule has 0 radical (unpaired) electrons. The summed E-state index contributed by atoms with van der Waals surface area (Å²) in [6.45, 7) is 7.89. The van der Waals surface area contributed by atoms with Gasteiger partial charge in [0.1, 0.15) is 10.2 Å². The molecule has 6 heteroatoms. The van der Waals surface area contributed by atoms with Crippen LogP contribution in [0.3, 0.4) is 0 Å². The molecule has 0 spiro atoms. The average Bonchev–Trinajstić information content (AvgIpc) is 2.44. The third-order valence-electron chi connectivity index (χ3n) is 3.49. The van der Waals surface area contributed by atoms with Gasteiger partial charge in [0, 0.05) is 25.7 Å². The normalized spacial score (nSPS) is 16.6. The van der Waals surface area contributed by atoms with E-state index in [9.17, 15) is 4.79 Å². The van der Waals surface area contributed by atoms with Crippen LogP contribution in [0, 0.1) is 0 Å². The maximum Gasteiger partial charge on any atom is 0.410 e. The zero-order valence-electron chi connectivity index (χ0n) is 13.4. The highest BCUT2D eigenvalue weighted by Crippen LogP contribution is 2.16. The molecule has 1 N–H and O–H groups in total. The molecule has 22 heavy (non-hydrogen) atoms. The zero-order valence-corrected chi connectivity index (χ0v) is 15.0. The van der Waals surface area contributed by atoms with E-state index in [0.29, 0.717) is 6.04 Å². The Kier molecular flexibility index (Phi) is 5.81. The van der Waals surface area contributed by atoms with Crippen LogP contribution >= 0.6 is 15.9 Å². The molecule has 1 fully saturated rings. The van der Waals surface area contributed by atoms with Gasteiger partial charge in [0.15, 0.2) is 0 Å². The molecular weight excluding hydrogens is 346 g/mol. The molecule has 1 aromatic heterocycles. The van der Waals surface area contributed by atoms with Crippen molar-refractivity contribution in [2.24, 2.45) is 0 Å². The fourth-order valence-electron chi connectivity index (χ4n) is 2.39. The highest BCUT2D eigenvalue weighted by molar-refractivity contribution is 9.10. The number of likely N-dealkylation sites (tertiary alicyclic amines) is 1. The average molecular weight is 370 g/mol. The molecule has 0 unspecified atom stereocenters. The first-order valence-electron chi connectivity index (χ1n) is 7.66. The number of rotatable bonds is 3. The molecule has 0 aromatic carbocycles. The highest BCUT2D eigenvalue weighted by Gasteiger charge is 2.26. The zero-order chi connectivity index (χ0) is 16.2. The molecule has 2 heterocycles. The molecule has 2 rings (SSSR count). The lowest BCUT2D eigenvalue weighted by molar-refractivity contribution is 0.0198. The van der Waals surface area contributed by atoms with Crippen molar-refractivity contribution >= 4 is 22.0 Å². The van der Waals surface area contributed by atoms with Gasteiger partial charge in [0.05, 0.1) is 5.69 Å². The van der Waals surface area contributed by atoms with Crippen LogP contribution in [0.25, 0.3) is 0 Å². The largest absolute Gasteiger partial charge is 0.444 e. The van der Waals surface area contributed by atoms with Gasteiger partial charge in [-0.2, -0.15) is 0 Å². The maximum absolute atomic E-state index is 12.0. The van der Waals surface area contributed by atoms with Crippen LogP contribution in [0.1, 0.15) is 39.3 Å². The van der Waals surface area contributed by atoms with E-state index in [-0.39, 0.29) is 6.09 Å². The molecule has 0 bridgehead atoms. The van der Waals surface area contributed by atoms with E-state index in [1.807, 2.05) is 39.0 Å². The molecular formula is C16H24BrN3O2. The van der Waals surface area contributed by atoms with Gasteiger partial charge < -0.3 is 15.0 Å². The molecule has 0 saturated carbocycles. The summed E-state index contributed by atoms with van der Waals surface area (Å²) in [5, 5.41) is 3.51. The number of amides is 1. The van der Waals surface area contributed by atoms with Crippen LogP contribution in [0.5, 0.6) is 0 Å². The minimum absolute atomic E-state index is 0.209. The minimum atomic E-state index is -0.432. The summed E-state index contributed by atoms with van der Waals surface area (Å²) < 4.78 is 6.26. The fraction of sp³-hybridized carbons (Fsp3) is 0.625. The van der Waals surface area contributed by atoms with Gasteiger partial charge in [-0.05, 0) is 61.7 Å². The van der Waals surface area contributed by atoms with Crippen molar-refractivity contribution in [1.29, 1.82) is 0 Å². The third-order valence-corrected chi connectivity index (χ3v) is 3.93. The molecule has 1 aromatic rings. The Bertz CT molecular complexity index is 508. The van der Waals surface area contributed by atoms with Gasteiger partial charge in [0.2, 0.25) is 0 Å². The van der Waals surface area contributed by atoms with Crippen molar-refractivity contribution in [3.05, 3.63) is 28.5 Å². The topological polar surface area (TPSA) is 54.5 Å². The summed E-state index contributed by atoms with van der Waals surface area (Å²) in [4.78, 5) is 18.2. The number of hydrogen-bond acceptors (Lipinski definition) is 4. The van der Waals surface area contributed by atoms with Crippen LogP contribution in [-0.2, 0) is 11.3 Å². The summed E-state index contributed by atoms with van der Waals surface area (Å²) in [7, 11) is 0. The first-order valence-corrected chi connectivity index (χ1v) is 8.45. The smallest absolute Gasteiger partial charge is 0.410 e. The Morgan fingerprint density at radius 1 is 1.41 bits per heavy atom. The van der Waals surface area contributed by atoms with Gasteiger partial charge in [-0.15, -0.1) is 0 Å². The van der Waals surface area contributed by atoms with Crippen LogP contribution < -0.4 is 5.32 Å². The van der Waals surface area contributed by atoms with Crippen molar-refractivity contribution in [2.75, 3.05) is 13.1 Å². The lowest BCUT2D eigenvalue weighted by atomic mass is 10.1. The molecule has 1 aliphatic rings. The number of aromatic nitrogens is 1. The monoisotopic (exact) mass is 369 g/mol. The molecule has 122 valence electrons. The lowest BCUT2D eigenvalue weighted by Crippen LogP contribution is -2.46. The molecule has 0 aliphatic carbocycles. The summed E-state index contributed by atoms with van der Waals surface area (Å²) >= 11 is 3.38. The number of piperidine rings is 1. The summed E-state index contributed by atoms with van der Waals surface area (Å²) in [5.41, 5.74) is 0.586. The van der Waals surface area contributed by atoms with E-state index >= 15 is 0 Å². The van der Waals surface area contributed by atoms with Crippen LogP contribution in [0.2, 0.25) is 0 Å². The van der Waals surface area contributed by atoms with Gasteiger partial charge in [-0.1, -0.05) is 6.07 Å². The number of carbonyl (C=O) groups is 1. The van der Waals surface area contributed by atoms with Gasteiger partial charge in [-0.25, -0.2) is 9.78 Å². The van der Waals surface area contributed by atoms with E-state index < -0.39 is 5.60 Å². The summed E-state index contributed by atoms with van der Waals surface area (Å²) in [6.07, 6.45) is 1.67. The Morgan fingerprint density at radius 2 is 2.09 bits per heavy atom. The lowest BCUT2D eigenvalue weighted by Gasteiger charge is -2.33. The second-order valence-corrected chi connectivity index (χ2v) is 7.39. The standard InChI is InChI=1S/C16H24BrN3O2/c1-16(2,3)22-15(21)20-9-7-12(8-10-20)18-11-13-5-4-6-14(17)19-13/h4-6,12,18H,7-11H2,1-3H3. The summed E-state index contributed by atoms with van der Waals surface area (Å²) in [5.74, 6) is 0. The second kappa shape index (κ2) is 7.42. The predicted octanol–water partition coefficient (Wildman–Crippen LogP) is 3.33. The Labute approximate surface area is 140 Å². The second-order valence-electron chi connectivity index (χ2n) is 6.57. The van der Waals surface area contributed by atoms with Gasteiger partial charge >= 0.3 is 6.09 Å². The number of pyridine rings is 1. The number of halogens is 1. The molecule has 0 atom stereocenters. The van der Waals surface area contributed by atoms with Gasteiger partial charge in [0.25, 0.3) is 0 Å². The summed E-state index contributed by atoms with van der Waals surface area (Å²) in [6, 6.07) is 6.33. The molecule has 1 aliphatic heterocycles. The van der Waals surface area contributed by atoms with E-state index in [4.69, 9.17) is 4.74 Å². The van der Waals surface area contributed by atoms with E-state index in [1.54, 1.807) is 4.90 Å². The Hall–Kier alpha value is -1.14. The van der Waals surface area contributed by atoms with Crippen molar-refractivity contribution in [3.8, 4) is 0 Å². The van der Waals surface area contributed by atoms with Crippen molar-refractivity contribution in [1.82, 2.24) is 15.2 Å². The fourth-order valence-corrected chi connectivity index (χ4v) is 2.77. The highest BCUT2D eigenvalue weighted by atomic mass is 79.9. The van der Waals surface area contributed by atoms with Crippen molar-refractivity contribution in [3.63, 3.8) is 0 Å². The number of nitrogens with one attached hydrogen (secondary N) is 1. The Balaban J connectivity index is 1.74. The van der Waals surface area contributed by atoms with Crippen LogP contribution in [0.4, 0.5) is 4.79 Å². The third kappa shape index (κ3) is 5.57. The van der Waals surface area contributed by atoms with Crippen molar-refractivity contribution in [2.45, 2.75) is 51.8 Å². The van der Waals surface area contributed by atoms with E-state index in [0.717, 1.165) is 42.8 Å². The van der Waals surface area contributed by atoms with E-state index in [2.05, 4.69) is 26.2 Å². The SMILES string of the molecule is CC(C)(C)OC(=O)N1CCC(NCc2cccc(Br)n2)CC1. The van der Waals surface area contributed by atoms with Gasteiger partial charge in [-0.3, -0.25) is 0 Å². The maximum atomic E-state index is 12.0. The Morgan fingerprint density at radius 3 is 2.68 bits per heavy atom. The minimum Gasteiger partial charge on any atom is -0.444 e. The first kappa shape index (κ1) is 17.2. The number of ether oxygens (including phenoxy) is 1.